The van der Waals surface area contributed by atoms with Crippen LogP contribution in [0.15, 0.2) is 87.3 Å². The van der Waals surface area contributed by atoms with Gasteiger partial charge in [0, 0.05) is 5.56 Å². The molecule has 0 saturated carbocycles. The number of aliphatic imine (C=N–C) groups is 1. The first-order valence-corrected chi connectivity index (χ1v) is 14.5. The van der Waals surface area contributed by atoms with Crippen LogP contribution in [-0.4, -0.2) is 42.5 Å². The zero-order chi connectivity index (χ0) is 27.0. The molecule has 0 aliphatic carbocycles. The van der Waals surface area contributed by atoms with E-state index in [1.165, 1.54) is 36.4 Å². The second kappa shape index (κ2) is 10.5. The van der Waals surface area contributed by atoms with E-state index in [1.54, 1.807) is 42.5 Å². The average Bonchev–Trinajstić information content (AvgIpc) is 3.32. The maximum atomic E-state index is 12.9. The number of rotatable bonds is 6. The predicted octanol–water partition coefficient (Wildman–Crippen LogP) is 5.39. The van der Waals surface area contributed by atoms with Gasteiger partial charge in [0.2, 0.25) is 5.17 Å². The summed E-state index contributed by atoms with van der Waals surface area (Å²) < 4.78 is 36.7. The van der Waals surface area contributed by atoms with Gasteiger partial charge in [-0.2, -0.15) is 23.5 Å². The number of nitrogens with one attached hydrogen (secondary N) is 1. The van der Waals surface area contributed by atoms with Gasteiger partial charge in [-0.05, 0) is 76.3 Å². The second-order valence-corrected chi connectivity index (χ2v) is 11.9. The highest BCUT2D eigenvalue weighted by atomic mass is 127. The van der Waals surface area contributed by atoms with Gasteiger partial charge in [0.05, 0.1) is 21.3 Å². The molecule has 5 rings (SSSR count). The molecule has 0 fully saturated rings. The highest BCUT2D eigenvalue weighted by Crippen LogP contribution is 2.38. The first-order chi connectivity index (χ1) is 18.2. The lowest BCUT2D eigenvalue weighted by Gasteiger charge is -2.20. The monoisotopic (exact) mass is 678 g/mol. The summed E-state index contributed by atoms with van der Waals surface area (Å²) in [6.45, 7) is 0. The van der Waals surface area contributed by atoms with Crippen molar-refractivity contribution in [2.45, 2.75) is 4.90 Å². The van der Waals surface area contributed by atoms with Gasteiger partial charge >= 0.3 is 10.1 Å². The van der Waals surface area contributed by atoms with Crippen LogP contribution in [0.4, 0.5) is 0 Å². The number of hydrogen-bond acceptors (Lipinski definition) is 8. The molecule has 3 aromatic rings. The van der Waals surface area contributed by atoms with Crippen molar-refractivity contribution in [3.05, 3.63) is 92.0 Å². The molecule has 0 unspecified atom stereocenters. The molecule has 0 bridgehead atoms. The van der Waals surface area contributed by atoms with Crippen molar-refractivity contribution in [3.63, 3.8) is 0 Å². The normalized spacial score (nSPS) is 16.3. The Morgan fingerprint density at radius 2 is 1.82 bits per heavy atom. The molecule has 0 atom stereocenters. The Kier molecular flexibility index (Phi) is 7.31. The van der Waals surface area contributed by atoms with Crippen molar-refractivity contribution < 1.29 is 22.1 Å². The summed E-state index contributed by atoms with van der Waals surface area (Å²) in [5, 5.41) is 15.6. The fourth-order valence-corrected chi connectivity index (χ4v) is 6.63. The van der Waals surface area contributed by atoms with Gasteiger partial charge in [0.25, 0.3) is 5.91 Å². The number of nitrogens with zero attached hydrogens (tertiary/aromatic N) is 3. The highest BCUT2D eigenvalue weighted by molar-refractivity contribution is 14.1. The Balaban J connectivity index is 1.47. The lowest BCUT2D eigenvalue weighted by molar-refractivity contribution is -0.114. The number of benzene rings is 3. The maximum Gasteiger partial charge on any atom is 0.339 e. The summed E-state index contributed by atoms with van der Waals surface area (Å²) in [4.78, 5) is 17.0. The smallest absolute Gasteiger partial charge is 0.339 e. The van der Waals surface area contributed by atoms with Gasteiger partial charge < -0.3 is 8.92 Å². The van der Waals surface area contributed by atoms with Gasteiger partial charge in [-0.3, -0.25) is 10.2 Å². The lowest BCUT2D eigenvalue weighted by atomic mass is 10.1. The van der Waals surface area contributed by atoms with Crippen LogP contribution in [-0.2, 0) is 14.9 Å². The minimum Gasteiger partial charge on any atom is -0.493 e. The molecule has 0 radical (unpaired) electrons. The van der Waals surface area contributed by atoms with E-state index in [1.807, 2.05) is 28.7 Å². The fourth-order valence-electron chi connectivity index (χ4n) is 3.55. The molecule has 2 heterocycles. The molecule has 192 valence electrons. The molecule has 13 heteroatoms. The van der Waals surface area contributed by atoms with Crippen LogP contribution in [0, 0.1) is 8.98 Å². The van der Waals surface area contributed by atoms with Gasteiger partial charge in [-0.1, -0.05) is 48.0 Å². The van der Waals surface area contributed by atoms with E-state index < -0.39 is 16.0 Å². The van der Waals surface area contributed by atoms with E-state index in [0.29, 0.717) is 24.8 Å². The number of amidine groups is 2. The Labute approximate surface area is 241 Å². The number of ether oxygens (including phenoxy) is 1. The van der Waals surface area contributed by atoms with Crippen LogP contribution in [0.2, 0.25) is 5.02 Å². The molecule has 3 aromatic carbocycles. The summed E-state index contributed by atoms with van der Waals surface area (Å²) in [6.07, 6.45) is 1.47. The molecule has 0 aromatic heterocycles. The van der Waals surface area contributed by atoms with Crippen molar-refractivity contribution in [3.8, 4) is 11.5 Å². The number of fused-ring (bicyclic) bond motifs is 1. The molecule has 0 spiro atoms. The second-order valence-electron chi connectivity index (χ2n) is 7.79. The van der Waals surface area contributed by atoms with Crippen molar-refractivity contribution in [1.29, 1.82) is 5.41 Å². The Hall–Kier alpha value is -3.20. The van der Waals surface area contributed by atoms with Crippen LogP contribution in [0.3, 0.4) is 0 Å². The van der Waals surface area contributed by atoms with Gasteiger partial charge in [-0.25, -0.2) is 0 Å². The summed E-state index contributed by atoms with van der Waals surface area (Å²) >= 11 is 9.36. The highest BCUT2D eigenvalue weighted by Gasteiger charge is 2.36. The molecule has 2 aliphatic heterocycles. The van der Waals surface area contributed by atoms with Gasteiger partial charge in [0.15, 0.2) is 17.3 Å². The summed E-state index contributed by atoms with van der Waals surface area (Å²) in [6, 6.07) is 18.0. The number of methoxy groups -OCH3 is 1. The van der Waals surface area contributed by atoms with Crippen molar-refractivity contribution >= 4 is 84.1 Å². The Morgan fingerprint density at radius 1 is 1.11 bits per heavy atom. The molecule has 9 nitrogen and oxygen atoms in total. The first-order valence-electron chi connectivity index (χ1n) is 10.8. The van der Waals surface area contributed by atoms with E-state index in [4.69, 9.17) is 25.9 Å². The van der Waals surface area contributed by atoms with Gasteiger partial charge in [-0.15, -0.1) is 0 Å². The number of halogens is 2. The largest absolute Gasteiger partial charge is 0.493 e. The van der Waals surface area contributed by atoms with Crippen LogP contribution in [0.5, 0.6) is 11.5 Å². The number of hydrazone groups is 1. The topological polar surface area (TPSA) is 121 Å². The maximum absolute atomic E-state index is 12.9. The minimum atomic E-state index is -4.11. The van der Waals surface area contributed by atoms with Crippen molar-refractivity contribution in [2.24, 2.45) is 10.1 Å². The zero-order valence-corrected chi connectivity index (χ0v) is 23.9. The molecule has 38 heavy (non-hydrogen) atoms. The lowest BCUT2D eigenvalue weighted by Crippen LogP contribution is -2.35. The molecule has 1 amide bonds. The van der Waals surface area contributed by atoms with E-state index in [-0.39, 0.29) is 33.0 Å². The molecular weight excluding hydrogens is 663 g/mol. The first kappa shape index (κ1) is 26.4. The standard InChI is InChI=1S/C25H16ClIN4O5S2/c1-35-20-13-14(12-19(27)21(20)36-38(33,34)15-7-3-2-4-8-15)11-17-22(28)31-25(29-23(17)32)37-24(30-31)16-9-5-6-10-18(16)26/h2-13,28H,1H3/b17-11-,28-22?. The quantitative estimate of drug-likeness (QED) is 0.211. The minimum absolute atomic E-state index is 0.000777. The van der Waals surface area contributed by atoms with Crippen LogP contribution < -0.4 is 8.92 Å². The van der Waals surface area contributed by atoms with E-state index in [0.717, 1.165) is 11.8 Å². The summed E-state index contributed by atoms with van der Waals surface area (Å²) in [5.74, 6) is -0.617. The van der Waals surface area contributed by atoms with E-state index >= 15 is 0 Å². The molecule has 1 N–H and O–H groups in total. The van der Waals surface area contributed by atoms with Crippen LogP contribution in [0.25, 0.3) is 6.08 Å². The number of carbonyl (C=O) groups is 1. The van der Waals surface area contributed by atoms with Gasteiger partial charge in [0.1, 0.15) is 9.94 Å². The third-order valence-corrected chi connectivity index (χ3v) is 8.65. The number of hydrogen-bond donors (Lipinski definition) is 1. The third-order valence-electron chi connectivity index (χ3n) is 5.35. The number of carbonyl (C=O) groups excluding carboxylic acids is 1. The summed E-state index contributed by atoms with van der Waals surface area (Å²) in [5.41, 5.74) is 1.15. The number of thioether (sulfide) groups is 1. The fraction of sp³-hybridized carbons (Fsp3) is 0.0400. The Bertz CT molecular complexity index is 1690. The summed E-state index contributed by atoms with van der Waals surface area (Å²) in [7, 11) is -2.73. The Morgan fingerprint density at radius 3 is 2.53 bits per heavy atom. The third kappa shape index (κ3) is 5.08. The molecule has 2 aliphatic rings. The average molecular weight is 679 g/mol. The SMILES string of the molecule is COc1cc(/C=C2/C(=N)N3N=C(c4ccccc4Cl)SC3=NC2=O)cc(I)c1OS(=O)(=O)c1ccccc1. The van der Waals surface area contributed by atoms with E-state index in [2.05, 4.69) is 10.1 Å². The van der Waals surface area contributed by atoms with Crippen molar-refractivity contribution in [2.75, 3.05) is 7.11 Å². The van der Waals surface area contributed by atoms with Crippen molar-refractivity contribution in [1.82, 2.24) is 5.01 Å². The zero-order valence-electron chi connectivity index (χ0n) is 19.4. The van der Waals surface area contributed by atoms with Crippen LogP contribution in [0.1, 0.15) is 11.1 Å². The predicted molar refractivity (Wildman–Crippen MR) is 156 cm³/mol. The molecular formula is C25H16ClIN4O5S2. The number of amides is 1. The van der Waals surface area contributed by atoms with Crippen LogP contribution >= 0.6 is 46.0 Å². The molecule has 0 saturated heterocycles. The van der Waals surface area contributed by atoms with E-state index in [9.17, 15) is 13.2 Å².